The van der Waals surface area contributed by atoms with Crippen LogP contribution in [0.4, 0.5) is 0 Å². The maximum atomic E-state index is 14.3. The molecule has 5 fully saturated rings. The Bertz CT molecular complexity index is 1460. The fraction of sp³-hybridized carbons (Fsp3) is 0.718. The van der Waals surface area contributed by atoms with E-state index >= 15 is 0 Å². The second-order valence-corrected chi connectivity index (χ2v) is 17.2. The SMILES string of the molecule is C=C(C)[C@@H]1CC[C@]2(C(=O)O)CC[C@]3(C)[C@H](CC[C@@H]4[C@@]5(C)CC[C@@H](O)[C@@](C)(C(=O)N[C@@H](Cc6ccc(O)cc6)C(=O)O)[C@@H]5CC[C@]43C)[C@@H]12. The van der Waals surface area contributed by atoms with Gasteiger partial charge in [0.05, 0.1) is 16.9 Å². The molecule has 0 spiro atoms. The third kappa shape index (κ3) is 4.74. The number of allylic oxidation sites excluding steroid dienone is 1. The van der Waals surface area contributed by atoms with Gasteiger partial charge in [0.15, 0.2) is 0 Å². The predicted molar refractivity (Wildman–Crippen MR) is 178 cm³/mol. The molecule has 258 valence electrons. The van der Waals surface area contributed by atoms with Crippen molar-refractivity contribution in [2.75, 3.05) is 0 Å². The molecule has 5 N–H and O–H groups in total. The summed E-state index contributed by atoms with van der Waals surface area (Å²) in [6.07, 6.45) is 7.23. The topological polar surface area (TPSA) is 144 Å². The summed E-state index contributed by atoms with van der Waals surface area (Å²) in [6, 6.07) is 5.14. The molecule has 1 aromatic carbocycles. The monoisotopic (exact) mass is 649 g/mol. The largest absolute Gasteiger partial charge is 0.508 e. The van der Waals surface area contributed by atoms with Crippen molar-refractivity contribution in [2.24, 2.45) is 56.7 Å². The highest BCUT2D eigenvalue weighted by Gasteiger charge is 2.73. The second-order valence-electron chi connectivity index (χ2n) is 17.2. The minimum atomic E-state index is -1.17. The number of hydrogen-bond acceptors (Lipinski definition) is 5. The Morgan fingerprint density at radius 2 is 1.55 bits per heavy atom. The minimum Gasteiger partial charge on any atom is -0.508 e. The van der Waals surface area contributed by atoms with Crippen molar-refractivity contribution < 1.29 is 34.8 Å². The van der Waals surface area contributed by atoms with Gasteiger partial charge in [-0.25, -0.2) is 4.79 Å². The van der Waals surface area contributed by atoms with E-state index in [1.807, 2.05) is 6.92 Å². The van der Waals surface area contributed by atoms with E-state index in [1.165, 1.54) is 12.1 Å². The lowest BCUT2D eigenvalue weighted by atomic mass is 9.32. The highest BCUT2D eigenvalue weighted by molar-refractivity contribution is 5.88. The van der Waals surface area contributed by atoms with Gasteiger partial charge < -0.3 is 25.7 Å². The molecule has 5 aliphatic rings. The van der Waals surface area contributed by atoms with Crippen molar-refractivity contribution >= 4 is 17.8 Å². The molecule has 1 aromatic rings. The zero-order valence-electron chi connectivity index (χ0n) is 28.8. The number of carbonyl (C=O) groups excluding carboxylic acids is 1. The van der Waals surface area contributed by atoms with Crippen molar-refractivity contribution in [1.82, 2.24) is 5.32 Å². The van der Waals surface area contributed by atoms with Crippen molar-refractivity contribution in [3.05, 3.63) is 42.0 Å². The van der Waals surface area contributed by atoms with E-state index in [1.54, 1.807) is 12.1 Å². The summed E-state index contributed by atoms with van der Waals surface area (Å²) < 4.78 is 0. The number of carbonyl (C=O) groups is 3. The van der Waals surface area contributed by atoms with Crippen molar-refractivity contribution in [1.29, 1.82) is 0 Å². The minimum absolute atomic E-state index is 0.0567. The van der Waals surface area contributed by atoms with Crippen LogP contribution < -0.4 is 5.32 Å². The number of amides is 1. The Hall–Kier alpha value is -2.87. The third-order valence-corrected chi connectivity index (χ3v) is 15.6. The molecule has 47 heavy (non-hydrogen) atoms. The van der Waals surface area contributed by atoms with Gasteiger partial charge in [-0.15, -0.1) is 0 Å². The number of rotatable bonds is 7. The van der Waals surface area contributed by atoms with Gasteiger partial charge in [-0.1, -0.05) is 45.1 Å². The lowest BCUT2D eigenvalue weighted by Gasteiger charge is -2.72. The molecule has 0 radical (unpaired) electrons. The third-order valence-electron chi connectivity index (χ3n) is 15.6. The summed E-state index contributed by atoms with van der Waals surface area (Å²) in [6.45, 7) is 15.5. The number of aliphatic carboxylic acids is 2. The molecular formula is C39H55NO7. The molecule has 0 unspecified atom stereocenters. The van der Waals surface area contributed by atoms with Crippen LogP contribution in [0.2, 0.25) is 0 Å². The van der Waals surface area contributed by atoms with E-state index in [4.69, 9.17) is 0 Å². The number of aromatic hydroxyl groups is 1. The normalized spacial score (nSPS) is 44.6. The number of aliphatic hydroxyl groups is 1. The number of carboxylic acids is 2. The summed E-state index contributed by atoms with van der Waals surface area (Å²) in [5, 5.41) is 44.8. The Balaban J connectivity index is 1.31. The van der Waals surface area contributed by atoms with Crippen LogP contribution in [0.25, 0.3) is 0 Å². The van der Waals surface area contributed by atoms with Crippen LogP contribution in [0, 0.1) is 56.7 Å². The second kappa shape index (κ2) is 11.3. The van der Waals surface area contributed by atoms with Gasteiger partial charge in [0.1, 0.15) is 11.8 Å². The van der Waals surface area contributed by atoms with Crippen LogP contribution in [0.3, 0.4) is 0 Å². The molecule has 8 nitrogen and oxygen atoms in total. The zero-order valence-corrected chi connectivity index (χ0v) is 28.8. The summed E-state index contributed by atoms with van der Waals surface area (Å²) >= 11 is 0. The molecule has 8 heteroatoms. The van der Waals surface area contributed by atoms with Gasteiger partial charge in [0.2, 0.25) is 5.91 Å². The Labute approximate surface area is 279 Å². The summed E-state index contributed by atoms with van der Waals surface area (Å²) in [7, 11) is 0. The van der Waals surface area contributed by atoms with Gasteiger partial charge in [-0.3, -0.25) is 9.59 Å². The Morgan fingerprint density at radius 1 is 0.872 bits per heavy atom. The number of benzene rings is 1. The molecule has 5 saturated carbocycles. The Morgan fingerprint density at radius 3 is 2.17 bits per heavy atom. The molecule has 0 aliphatic heterocycles. The van der Waals surface area contributed by atoms with Gasteiger partial charge in [0.25, 0.3) is 0 Å². The molecule has 0 saturated heterocycles. The first kappa shape index (κ1) is 34.0. The smallest absolute Gasteiger partial charge is 0.326 e. The van der Waals surface area contributed by atoms with E-state index in [0.717, 1.165) is 56.9 Å². The van der Waals surface area contributed by atoms with Crippen LogP contribution in [0.1, 0.15) is 104 Å². The first-order valence-electron chi connectivity index (χ1n) is 17.8. The average Bonchev–Trinajstić information content (AvgIpc) is 3.42. The lowest BCUT2D eigenvalue weighted by molar-refractivity contribution is -0.248. The molecule has 0 bridgehead atoms. The van der Waals surface area contributed by atoms with E-state index in [2.05, 4.69) is 39.6 Å². The number of hydrogen-bond donors (Lipinski definition) is 5. The lowest BCUT2D eigenvalue weighted by Crippen LogP contribution is -2.69. The first-order valence-corrected chi connectivity index (χ1v) is 17.8. The van der Waals surface area contributed by atoms with Crippen LogP contribution in [0.5, 0.6) is 5.75 Å². The molecule has 12 atom stereocenters. The van der Waals surface area contributed by atoms with E-state index in [-0.39, 0.29) is 52.1 Å². The average molecular weight is 650 g/mol. The van der Waals surface area contributed by atoms with Crippen molar-refractivity contribution in [2.45, 2.75) is 117 Å². The van der Waals surface area contributed by atoms with Gasteiger partial charge in [-0.2, -0.15) is 0 Å². The summed E-state index contributed by atoms with van der Waals surface area (Å²) in [5.74, 6) is -1.33. The fourth-order valence-electron chi connectivity index (χ4n) is 12.9. The standard InChI is InChI=1S/C39H55NO7/c1-22(2)25-13-18-39(34(46)47)20-19-36(4)26(31(25)39)11-12-28-35(3)16-15-30(42)38(6,29(35)14-17-37(28,36)5)33(45)40-27(32(43)44)21-23-7-9-24(41)10-8-23/h7-10,25-31,41-42H,1,11-21H2,2-6H3,(H,40,45)(H,43,44)(H,46,47)/t25-,26+,27-,28+,29+,30+,31+,35+,36+,37+,38-,39-/m0/s1. The van der Waals surface area contributed by atoms with Crippen LogP contribution in [0.15, 0.2) is 36.4 Å². The number of carboxylic acid groups (broad SMARTS) is 2. The molecule has 1 amide bonds. The molecule has 5 aliphatic carbocycles. The van der Waals surface area contributed by atoms with Gasteiger partial charge >= 0.3 is 11.9 Å². The number of phenols is 1. The first-order chi connectivity index (χ1) is 22.0. The van der Waals surface area contributed by atoms with Crippen molar-refractivity contribution in [3.63, 3.8) is 0 Å². The summed E-state index contributed by atoms with van der Waals surface area (Å²) in [4.78, 5) is 39.6. The predicted octanol–water partition coefficient (Wildman–Crippen LogP) is 6.59. The molecular weight excluding hydrogens is 594 g/mol. The highest BCUT2D eigenvalue weighted by atomic mass is 16.4. The van der Waals surface area contributed by atoms with E-state index < -0.39 is 40.8 Å². The Kier molecular flexibility index (Phi) is 8.21. The fourth-order valence-corrected chi connectivity index (χ4v) is 12.9. The number of aliphatic hydroxyl groups excluding tert-OH is 1. The van der Waals surface area contributed by atoms with Crippen LogP contribution in [-0.2, 0) is 20.8 Å². The molecule has 0 heterocycles. The maximum absolute atomic E-state index is 14.3. The van der Waals surface area contributed by atoms with Crippen LogP contribution >= 0.6 is 0 Å². The maximum Gasteiger partial charge on any atom is 0.326 e. The molecule has 0 aromatic heterocycles. The highest BCUT2D eigenvalue weighted by Crippen LogP contribution is 2.77. The van der Waals surface area contributed by atoms with Gasteiger partial charge in [-0.05, 0) is 142 Å². The zero-order chi connectivity index (χ0) is 34.3. The van der Waals surface area contributed by atoms with Crippen molar-refractivity contribution in [3.8, 4) is 5.75 Å². The number of fused-ring (bicyclic) bond motifs is 7. The van der Waals surface area contributed by atoms with E-state index in [9.17, 15) is 34.8 Å². The van der Waals surface area contributed by atoms with Crippen LogP contribution in [-0.4, -0.2) is 50.4 Å². The molecule has 6 rings (SSSR count). The summed E-state index contributed by atoms with van der Waals surface area (Å²) in [5.41, 5.74) is -0.398. The number of nitrogens with one attached hydrogen (secondary N) is 1. The van der Waals surface area contributed by atoms with Gasteiger partial charge in [0, 0.05) is 6.42 Å². The quantitative estimate of drug-likeness (QED) is 0.210. The number of phenolic OH excluding ortho intramolecular Hbond substituents is 1. The van der Waals surface area contributed by atoms with E-state index in [0.29, 0.717) is 24.3 Å².